The van der Waals surface area contributed by atoms with Gasteiger partial charge in [-0.3, -0.25) is 0 Å². The molecule has 0 saturated heterocycles. The highest BCUT2D eigenvalue weighted by Gasteiger charge is 2.25. The molecule has 130 valence electrons. The van der Waals surface area contributed by atoms with E-state index in [1.165, 1.54) is 17.3 Å². The van der Waals surface area contributed by atoms with Crippen molar-refractivity contribution in [3.8, 4) is 17.1 Å². The zero-order valence-electron chi connectivity index (χ0n) is 14.3. The Kier molecular flexibility index (Phi) is 4.58. The van der Waals surface area contributed by atoms with E-state index in [0.29, 0.717) is 16.7 Å². The molecule has 1 atom stereocenters. The number of hydrogen-bond acceptors (Lipinski definition) is 6. The van der Waals surface area contributed by atoms with Gasteiger partial charge in [0.25, 0.3) is 0 Å². The van der Waals surface area contributed by atoms with E-state index in [9.17, 15) is 0 Å². The maximum absolute atomic E-state index is 6.22. The van der Waals surface area contributed by atoms with E-state index < -0.39 is 0 Å². The largest absolute Gasteiger partial charge is 0.448 e. The predicted molar refractivity (Wildman–Crippen MR) is 104 cm³/mol. The third-order valence-corrected chi connectivity index (χ3v) is 4.88. The number of aryl methyl sites for hydroxylation is 1. The van der Waals surface area contributed by atoms with Gasteiger partial charge < -0.3 is 10.1 Å². The lowest BCUT2D eigenvalue weighted by Crippen LogP contribution is -2.17. The van der Waals surface area contributed by atoms with Crippen molar-refractivity contribution in [3.05, 3.63) is 72.3 Å². The first kappa shape index (κ1) is 16.6. The number of para-hydroxylation sites is 1. The summed E-state index contributed by atoms with van der Waals surface area (Å²) in [4.78, 5) is 4.58. The van der Waals surface area contributed by atoms with Crippen LogP contribution in [-0.2, 0) is 0 Å². The Bertz CT molecular complexity index is 943. The van der Waals surface area contributed by atoms with Crippen LogP contribution in [0.25, 0.3) is 11.3 Å². The van der Waals surface area contributed by atoms with Crippen LogP contribution < -0.4 is 10.1 Å². The first-order chi connectivity index (χ1) is 12.7. The lowest BCUT2D eigenvalue weighted by Gasteiger charge is -2.19. The Morgan fingerprint density at radius 1 is 1.15 bits per heavy atom. The summed E-state index contributed by atoms with van der Waals surface area (Å²) in [5.41, 5.74) is 4.75. The highest BCUT2D eigenvalue weighted by atomic mass is 32.2. The van der Waals surface area contributed by atoms with Gasteiger partial charge in [-0.1, -0.05) is 65.9 Å². The van der Waals surface area contributed by atoms with E-state index in [1.54, 1.807) is 0 Å². The van der Waals surface area contributed by atoms with Gasteiger partial charge in [0.15, 0.2) is 11.9 Å². The number of aromatic nitrogens is 3. The van der Waals surface area contributed by atoms with Crippen molar-refractivity contribution in [1.29, 1.82) is 0 Å². The molecule has 5 nitrogen and oxygen atoms in total. The van der Waals surface area contributed by atoms with Crippen LogP contribution in [0.2, 0.25) is 0 Å². The van der Waals surface area contributed by atoms with Gasteiger partial charge >= 0.3 is 0 Å². The number of anilines is 1. The van der Waals surface area contributed by atoms with Crippen LogP contribution in [0.4, 0.5) is 5.69 Å². The number of thioether (sulfide) groups is 1. The molecule has 0 bridgehead atoms. The monoisotopic (exact) mass is 362 g/mol. The summed E-state index contributed by atoms with van der Waals surface area (Å²) >= 11 is 1.48. The van der Waals surface area contributed by atoms with Gasteiger partial charge in [-0.15, -0.1) is 16.8 Å². The number of hydrogen-bond donors (Lipinski definition) is 1. The molecule has 3 aromatic rings. The van der Waals surface area contributed by atoms with Crippen molar-refractivity contribution >= 4 is 17.4 Å². The zero-order chi connectivity index (χ0) is 17.9. The molecular formula is C20H18N4OS. The molecule has 2 aromatic carbocycles. The van der Waals surface area contributed by atoms with Crippen molar-refractivity contribution in [2.45, 2.75) is 18.3 Å². The van der Waals surface area contributed by atoms with E-state index in [2.05, 4.69) is 58.3 Å². The van der Waals surface area contributed by atoms with Crippen molar-refractivity contribution in [2.24, 2.45) is 0 Å². The molecule has 0 spiro atoms. The quantitative estimate of drug-likeness (QED) is 0.539. The van der Waals surface area contributed by atoms with Gasteiger partial charge in [0, 0.05) is 22.6 Å². The molecule has 2 heterocycles. The number of rotatable bonds is 4. The number of benzene rings is 2. The highest BCUT2D eigenvalue weighted by Crippen LogP contribution is 2.39. The number of fused-ring (bicyclic) bond motifs is 3. The molecule has 0 radical (unpaired) electrons. The lowest BCUT2D eigenvalue weighted by atomic mass is 10.1. The Balaban J connectivity index is 1.79. The molecule has 1 aliphatic rings. The molecule has 0 fully saturated rings. The maximum atomic E-state index is 6.22. The van der Waals surface area contributed by atoms with E-state index in [-0.39, 0.29) is 6.23 Å². The SMILES string of the molecule is C=CCSc1nnc2c(n1)OC(c1ccc(C)cc1)Nc1ccccc1-2. The molecule has 1 unspecified atom stereocenters. The fraction of sp³-hybridized carbons (Fsp3) is 0.150. The Labute approximate surface area is 156 Å². The summed E-state index contributed by atoms with van der Waals surface area (Å²) in [7, 11) is 0. The lowest BCUT2D eigenvalue weighted by molar-refractivity contribution is 0.225. The van der Waals surface area contributed by atoms with Gasteiger partial charge in [-0.25, -0.2) is 0 Å². The molecule has 0 amide bonds. The van der Waals surface area contributed by atoms with E-state index in [0.717, 1.165) is 22.6 Å². The van der Waals surface area contributed by atoms with Crippen LogP contribution in [-0.4, -0.2) is 20.9 Å². The highest BCUT2D eigenvalue weighted by molar-refractivity contribution is 7.99. The fourth-order valence-electron chi connectivity index (χ4n) is 2.73. The second-order valence-electron chi connectivity index (χ2n) is 5.95. The van der Waals surface area contributed by atoms with Gasteiger partial charge in [-0.2, -0.15) is 4.98 Å². The van der Waals surface area contributed by atoms with E-state index >= 15 is 0 Å². The molecule has 4 rings (SSSR count). The molecule has 0 aliphatic carbocycles. The van der Waals surface area contributed by atoms with E-state index in [1.807, 2.05) is 30.3 Å². The Hall–Kier alpha value is -2.86. The second kappa shape index (κ2) is 7.17. The van der Waals surface area contributed by atoms with Crippen molar-refractivity contribution in [2.75, 3.05) is 11.1 Å². The Morgan fingerprint density at radius 2 is 1.96 bits per heavy atom. The summed E-state index contributed by atoms with van der Waals surface area (Å²) in [6.45, 7) is 5.79. The molecule has 0 saturated carbocycles. The second-order valence-corrected chi connectivity index (χ2v) is 6.93. The van der Waals surface area contributed by atoms with Gasteiger partial charge in [0.1, 0.15) is 0 Å². The van der Waals surface area contributed by atoms with Crippen molar-refractivity contribution in [3.63, 3.8) is 0 Å². The minimum atomic E-state index is -0.355. The summed E-state index contributed by atoms with van der Waals surface area (Å²) < 4.78 is 6.22. The maximum Gasteiger partial charge on any atom is 0.247 e. The first-order valence-electron chi connectivity index (χ1n) is 8.32. The average Bonchev–Trinajstić information content (AvgIpc) is 2.83. The zero-order valence-corrected chi connectivity index (χ0v) is 15.2. The minimum absolute atomic E-state index is 0.355. The van der Waals surface area contributed by atoms with Gasteiger partial charge in [-0.05, 0) is 13.0 Å². The van der Waals surface area contributed by atoms with Crippen LogP contribution >= 0.6 is 11.8 Å². The summed E-state index contributed by atoms with van der Waals surface area (Å²) in [5.74, 6) is 1.20. The molecule has 1 aromatic heterocycles. The predicted octanol–water partition coefficient (Wildman–Crippen LogP) is 4.63. The topological polar surface area (TPSA) is 59.9 Å². The number of ether oxygens (including phenoxy) is 1. The number of nitrogens with one attached hydrogen (secondary N) is 1. The number of nitrogens with zero attached hydrogens (tertiary/aromatic N) is 3. The summed E-state index contributed by atoms with van der Waals surface area (Å²) in [5, 5.41) is 12.6. The van der Waals surface area contributed by atoms with Crippen LogP contribution in [0.15, 0.2) is 66.3 Å². The van der Waals surface area contributed by atoms with Gasteiger partial charge in [0.05, 0.1) is 0 Å². The van der Waals surface area contributed by atoms with Crippen LogP contribution in [0, 0.1) is 6.92 Å². The first-order valence-corrected chi connectivity index (χ1v) is 9.31. The van der Waals surface area contributed by atoms with Crippen molar-refractivity contribution < 1.29 is 4.74 Å². The fourth-order valence-corrected chi connectivity index (χ4v) is 3.25. The summed E-state index contributed by atoms with van der Waals surface area (Å²) in [6, 6.07) is 16.2. The molecule has 26 heavy (non-hydrogen) atoms. The third-order valence-electron chi connectivity index (χ3n) is 4.04. The summed E-state index contributed by atoms with van der Waals surface area (Å²) in [6.07, 6.45) is 1.46. The third kappa shape index (κ3) is 3.28. The smallest absolute Gasteiger partial charge is 0.247 e. The Morgan fingerprint density at radius 3 is 2.77 bits per heavy atom. The normalized spacial score (nSPS) is 15.0. The average molecular weight is 362 g/mol. The molecular weight excluding hydrogens is 344 g/mol. The standard InChI is InChI=1S/C20H18N4OS/c1-3-12-26-20-22-19-17(23-24-20)15-6-4-5-7-16(15)21-18(25-19)14-10-8-13(2)9-11-14/h3-11,18,21H,1,12H2,2H3. The minimum Gasteiger partial charge on any atom is -0.448 e. The van der Waals surface area contributed by atoms with Crippen molar-refractivity contribution in [1.82, 2.24) is 15.2 Å². The van der Waals surface area contributed by atoms with Gasteiger partial charge in [0.2, 0.25) is 11.0 Å². The van der Waals surface area contributed by atoms with E-state index in [4.69, 9.17) is 4.74 Å². The molecule has 1 N–H and O–H groups in total. The van der Waals surface area contributed by atoms with Crippen LogP contribution in [0.3, 0.4) is 0 Å². The molecule has 6 heteroatoms. The van der Waals surface area contributed by atoms with Crippen LogP contribution in [0.5, 0.6) is 5.88 Å². The van der Waals surface area contributed by atoms with Crippen LogP contribution in [0.1, 0.15) is 17.4 Å². The molecule has 1 aliphatic heterocycles.